The molecule has 4 atom stereocenters. The van der Waals surface area contributed by atoms with E-state index in [4.69, 9.17) is 11.6 Å². The maximum absolute atomic E-state index is 13.8. The molecule has 1 aliphatic heterocycles. The molecule has 2 aliphatic carbocycles. The van der Waals surface area contributed by atoms with Crippen LogP contribution in [0, 0.1) is 18.3 Å². The van der Waals surface area contributed by atoms with Crippen molar-refractivity contribution in [3.63, 3.8) is 0 Å². The number of hydrogen-bond acceptors (Lipinski definition) is 6. The van der Waals surface area contributed by atoms with Crippen LogP contribution in [0.3, 0.4) is 0 Å². The van der Waals surface area contributed by atoms with Crippen LogP contribution in [0.4, 0.5) is 5.82 Å². The monoisotopic (exact) mass is 432 g/mol. The molecule has 1 N–H and O–H groups in total. The highest BCUT2D eigenvalue weighted by Crippen LogP contribution is 2.71. The normalized spacial score (nSPS) is 27.8. The summed E-state index contributed by atoms with van der Waals surface area (Å²) in [5.74, 6) is 1.85. The minimum atomic E-state index is 0.00536. The topological polar surface area (TPSA) is 83.9 Å². The fourth-order valence-electron chi connectivity index (χ4n) is 5.50. The second kappa shape index (κ2) is 6.72. The number of carbonyl (C=O) groups is 1. The first-order valence-corrected chi connectivity index (χ1v) is 10.9. The van der Waals surface area contributed by atoms with E-state index in [1.807, 2.05) is 30.0 Å². The van der Waals surface area contributed by atoms with E-state index < -0.39 is 0 Å². The smallest absolute Gasteiger partial charge is 0.256 e. The fraction of sp³-hybridized carbons (Fsp3) is 0.348. The van der Waals surface area contributed by atoms with Gasteiger partial charge >= 0.3 is 0 Å². The van der Waals surface area contributed by atoms with Gasteiger partial charge in [-0.15, -0.1) is 0 Å². The van der Waals surface area contributed by atoms with Gasteiger partial charge in [0.05, 0.1) is 16.6 Å². The van der Waals surface area contributed by atoms with Gasteiger partial charge in [-0.3, -0.25) is 9.78 Å². The quantitative estimate of drug-likeness (QED) is 0.678. The molecular weight excluding hydrogens is 412 g/mol. The van der Waals surface area contributed by atoms with Crippen molar-refractivity contribution in [2.75, 3.05) is 11.9 Å². The number of aryl methyl sites for hydroxylation is 1. The van der Waals surface area contributed by atoms with E-state index >= 15 is 0 Å². The minimum absolute atomic E-state index is 0.00536. The second-order valence-electron chi connectivity index (χ2n) is 8.83. The predicted molar refractivity (Wildman–Crippen MR) is 117 cm³/mol. The molecule has 7 nitrogen and oxygen atoms in total. The fourth-order valence-corrected chi connectivity index (χ4v) is 5.61. The molecule has 1 amide bonds. The highest BCUT2D eigenvalue weighted by Gasteiger charge is 2.75. The number of anilines is 1. The highest BCUT2D eigenvalue weighted by atomic mass is 35.5. The Balaban J connectivity index is 1.31. The van der Waals surface area contributed by atoms with Crippen LogP contribution < -0.4 is 5.32 Å². The Labute approximate surface area is 184 Å². The van der Waals surface area contributed by atoms with Gasteiger partial charge in [0.2, 0.25) is 0 Å². The minimum Gasteiger partial charge on any atom is -0.365 e. The van der Waals surface area contributed by atoms with E-state index in [9.17, 15) is 4.79 Å². The van der Waals surface area contributed by atoms with Gasteiger partial charge in [0.1, 0.15) is 11.5 Å². The highest BCUT2D eigenvalue weighted by molar-refractivity contribution is 6.30. The molecule has 0 radical (unpaired) electrons. The first kappa shape index (κ1) is 18.7. The molecule has 3 aromatic rings. The van der Waals surface area contributed by atoms with Crippen LogP contribution in [-0.2, 0) is 0 Å². The van der Waals surface area contributed by atoms with Crippen molar-refractivity contribution in [3.8, 4) is 11.5 Å². The zero-order valence-electron chi connectivity index (χ0n) is 17.0. The first-order valence-electron chi connectivity index (χ1n) is 10.5. The van der Waals surface area contributed by atoms with Crippen molar-refractivity contribution >= 4 is 23.3 Å². The average molecular weight is 433 g/mol. The van der Waals surface area contributed by atoms with Gasteiger partial charge < -0.3 is 10.2 Å². The molecule has 0 aromatic carbocycles. The molecule has 1 spiro atoms. The predicted octanol–water partition coefficient (Wildman–Crippen LogP) is 3.61. The molecule has 3 aliphatic rings. The summed E-state index contributed by atoms with van der Waals surface area (Å²) >= 11 is 5.97. The molecule has 4 unspecified atom stereocenters. The Morgan fingerprint density at radius 2 is 2.00 bits per heavy atom. The van der Waals surface area contributed by atoms with Gasteiger partial charge in [0, 0.05) is 37.4 Å². The van der Waals surface area contributed by atoms with Gasteiger partial charge in [-0.1, -0.05) is 11.6 Å². The molecule has 4 heterocycles. The molecule has 3 fully saturated rings. The summed E-state index contributed by atoms with van der Waals surface area (Å²) in [6.45, 7) is 2.74. The van der Waals surface area contributed by atoms with Gasteiger partial charge in [-0.2, -0.15) is 0 Å². The maximum Gasteiger partial charge on any atom is 0.256 e. The lowest BCUT2D eigenvalue weighted by Gasteiger charge is -2.48. The van der Waals surface area contributed by atoms with Gasteiger partial charge in [-0.05, 0) is 60.9 Å². The van der Waals surface area contributed by atoms with Crippen LogP contribution in [0.5, 0.6) is 0 Å². The second-order valence-corrected chi connectivity index (χ2v) is 9.27. The Morgan fingerprint density at radius 3 is 2.77 bits per heavy atom. The lowest BCUT2D eigenvalue weighted by Crippen LogP contribution is -2.60. The Bertz CT molecular complexity index is 1170. The van der Waals surface area contributed by atoms with E-state index in [0.29, 0.717) is 28.0 Å². The number of piperidine rings is 1. The molecule has 31 heavy (non-hydrogen) atoms. The number of halogens is 1. The molecule has 3 aromatic heterocycles. The molecular formula is C23H21ClN6O. The number of likely N-dealkylation sites (tertiary alicyclic amines) is 1. The summed E-state index contributed by atoms with van der Waals surface area (Å²) in [4.78, 5) is 33.3. The SMILES string of the molecule is Cc1cnc(-c2ncccn2)c(C(=O)N2CC3CC34CC(Nc3ccc(Cl)cn3)C24)c1. The number of nitrogens with one attached hydrogen (secondary N) is 1. The van der Waals surface area contributed by atoms with E-state index in [1.165, 1.54) is 6.42 Å². The molecule has 1 saturated heterocycles. The standard InChI is InChI=1S/C23H21ClN6O/c1-13-7-16(19(28-10-13)21-25-5-2-6-26-21)22(31)30-12-14-8-23(14)9-17(20(23)30)29-18-4-3-15(24)11-27-18/h2-7,10-11,14,17,20H,8-9,12H2,1H3,(H,27,29). The Hall–Kier alpha value is -3.06. The molecule has 6 rings (SSSR count). The molecule has 0 bridgehead atoms. The summed E-state index contributed by atoms with van der Waals surface area (Å²) in [5.41, 5.74) is 2.31. The van der Waals surface area contributed by atoms with Crippen LogP contribution >= 0.6 is 11.6 Å². The summed E-state index contributed by atoms with van der Waals surface area (Å²) in [6.07, 6.45) is 9.00. The van der Waals surface area contributed by atoms with Crippen LogP contribution in [0.2, 0.25) is 5.02 Å². The van der Waals surface area contributed by atoms with Gasteiger partial charge in [0.25, 0.3) is 5.91 Å². The average Bonchev–Trinajstić information content (AvgIpc) is 3.43. The van der Waals surface area contributed by atoms with E-state index in [-0.39, 0.29) is 23.4 Å². The summed E-state index contributed by atoms with van der Waals surface area (Å²) in [5, 5.41) is 4.13. The third kappa shape index (κ3) is 2.91. The number of nitrogens with zero attached hydrogens (tertiary/aromatic N) is 5. The Kier molecular flexibility index (Phi) is 4.05. The zero-order chi connectivity index (χ0) is 21.2. The zero-order valence-corrected chi connectivity index (χ0v) is 17.8. The van der Waals surface area contributed by atoms with Gasteiger partial charge in [-0.25, -0.2) is 15.0 Å². The lowest BCUT2D eigenvalue weighted by atomic mass is 9.71. The first-order chi connectivity index (χ1) is 15.0. The van der Waals surface area contributed by atoms with Crippen molar-refractivity contribution in [1.82, 2.24) is 24.8 Å². The third-order valence-corrected chi connectivity index (χ3v) is 7.18. The van der Waals surface area contributed by atoms with E-state index in [1.54, 1.807) is 30.9 Å². The van der Waals surface area contributed by atoms with Gasteiger partial charge in [0.15, 0.2) is 5.82 Å². The summed E-state index contributed by atoms with van der Waals surface area (Å²) in [6, 6.07) is 7.71. The summed E-state index contributed by atoms with van der Waals surface area (Å²) < 4.78 is 0. The number of carbonyl (C=O) groups excluding carboxylic acids is 1. The number of rotatable bonds is 4. The number of hydrogen-bond donors (Lipinski definition) is 1. The molecule has 8 heteroatoms. The number of aromatic nitrogens is 4. The van der Waals surface area contributed by atoms with Crippen LogP contribution in [0.15, 0.2) is 49.1 Å². The van der Waals surface area contributed by atoms with Crippen molar-refractivity contribution in [2.45, 2.75) is 31.8 Å². The number of amides is 1. The Morgan fingerprint density at radius 1 is 1.16 bits per heavy atom. The van der Waals surface area contributed by atoms with Crippen molar-refractivity contribution in [1.29, 1.82) is 0 Å². The van der Waals surface area contributed by atoms with Crippen molar-refractivity contribution in [3.05, 3.63) is 65.2 Å². The van der Waals surface area contributed by atoms with Crippen LogP contribution in [-0.4, -0.2) is 49.4 Å². The van der Waals surface area contributed by atoms with Crippen LogP contribution in [0.25, 0.3) is 11.5 Å². The van der Waals surface area contributed by atoms with Crippen LogP contribution in [0.1, 0.15) is 28.8 Å². The molecule has 2 saturated carbocycles. The molecule has 156 valence electrons. The number of pyridine rings is 2. The summed E-state index contributed by atoms with van der Waals surface area (Å²) in [7, 11) is 0. The lowest BCUT2D eigenvalue weighted by molar-refractivity contribution is 0.0472. The van der Waals surface area contributed by atoms with Crippen molar-refractivity contribution < 1.29 is 4.79 Å². The largest absolute Gasteiger partial charge is 0.365 e. The van der Waals surface area contributed by atoms with E-state index in [2.05, 4.69) is 25.3 Å². The third-order valence-electron chi connectivity index (χ3n) is 6.96. The maximum atomic E-state index is 13.8. The van der Waals surface area contributed by atoms with Crippen molar-refractivity contribution in [2.24, 2.45) is 11.3 Å². The van der Waals surface area contributed by atoms with E-state index in [0.717, 1.165) is 24.3 Å².